The Bertz CT molecular complexity index is 920. The maximum atomic E-state index is 12.8. The molecule has 1 saturated carbocycles. The summed E-state index contributed by atoms with van der Waals surface area (Å²) in [6, 6.07) is 7.11. The number of aliphatic carboxylic acids is 1. The van der Waals surface area contributed by atoms with Gasteiger partial charge in [0.1, 0.15) is 0 Å². The van der Waals surface area contributed by atoms with Crippen molar-refractivity contribution in [3.05, 3.63) is 23.8 Å². The van der Waals surface area contributed by atoms with Crippen molar-refractivity contribution in [1.82, 2.24) is 14.5 Å². The van der Waals surface area contributed by atoms with Gasteiger partial charge in [-0.15, -0.1) is 0 Å². The van der Waals surface area contributed by atoms with E-state index in [0.29, 0.717) is 6.04 Å². The molecule has 2 N–H and O–H groups in total. The summed E-state index contributed by atoms with van der Waals surface area (Å²) >= 11 is 1.55. The second kappa shape index (κ2) is 13.5. The number of methoxy groups -OCH3 is 2. The van der Waals surface area contributed by atoms with Gasteiger partial charge in [-0.1, -0.05) is 19.4 Å². The minimum atomic E-state index is -5.08. The Kier molecular flexibility index (Phi) is 11.2. The summed E-state index contributed by atoms with van der Waals surface area (Å²) in [4.78, 5) is 24.2. The molecule has 2 fully saturated rings. The van der Waals surface area contributed by atoms with Crippen LogP contribution in [0.3, 0.4) is 0 Å². The molecule has 3 atom stereocenters. The fraction of sp³-hybridized carbons (Fsp3) is 0.680. The number of nitrogens with zero attached hydrogens (tertiary/aromatic N) is 2. The number of ether oxygens (including phenoxy) is 2. The normalized spacial score (nSPS) is 23.4. The van der Waals surface area contributed by atoms with E-state index in [1.807, 2.05) is 16.6 Å². The van der Waals surface area contributed by atoms with E-state index in [1.165, 1.54) is 5.56 Å². The van der Waals surface area contributed by atoms with E-state index in [-0.39, 0.29) is 17.5 Å². The number of hydrogen-bond donors (Lipinski definition) is 2. The maximum absolute atomic E-state index is 12.8. The van der Waals surface area contributed by atoms with Crippen molar-refractivity contribution in [3.8, 4) is 11.5 Å². The lowest BCUT2D eigenvalue weighted by molar-refractivity contribution is -0.192. The lowest BCUT2D eigenvalue weighted by Gasteiger charge is -2.47. The highest BCUT2D eigenvalue weighted by Crippen LogP contribution is 2.51. The fourth-order valence-corrected chi connectivity index (χ4v) is 6.02. The minimum absolute atomic E-state index is 0.0558. The number of halogens is 3. The highest BCUT2D eigenvalue weighted by molar-refractivity contribution is 7.96. The molecule has 1 aliphatic carbocycles. The molecule has 210 valence electrons. The topological polar surface area (TPSA) is 91.3 Å². The van der Waals surface area contributed by atoms with E-state index in [0.717, 1.165) is 63.1 Å². The van der Waals surface area contributed by atoms with E-state index < -0.39 is 12.1 Å². The van der Waals surface area contributed by atoms with Crippen molar-refractivity contribution < 1.29 is 37.3 Å². The van der Waals surface area contributed by atoms with Gasteiger partial charge in [0.05, 0.1) is 14.2 Å². The van der Waals surface area contributed by atoms with Gasteiger partial charge in [0.2, 0.25) is 0 Å². The molecule has 12 heteroatoms. The first-order chi connectivity index (χ1) is 17.4. The second-order valence-electron chi connectivity index (χ2n) is 9.30. The summed E-state index contributed by atoms with van der Waals surface area (Å²) < 4.78 is 44.7. The quantitative estimate of drug-likeness (QED) is 0.351. The third-order valence-electron chi connectivity index (χ3n) is 7.24. The van der Waals surface area contributed by atoms with Crippen molar-refractivity contribution in [2.24, 2.45) is 0 Å². The summed E-state index contributed by atoms with van der Waals surface area (Å²) in [7, 11) is 5.60. The Morgan fingerprint density at radius 3 is 2.43 bits per heavy atom. The van der Waals surface area contributed by atoms with Gasteiger partial charge < -0.3 is 24.8 Å². The average molecular weight is 550 g/mol. The number of urea groups is 1. The second-order valence-corrected chi connectivity index (χ2v) is 10.1. The van der Waals surface area contributed by atoms with Crippen molar-refractivity contribution in [3.63, 3.8) is 0 Å². The molecule has 0 aromatic heterocycles. The highest BCUT2D eigenvalue weighted by Gasteiger charge is 2.51. The molecular formula is C25H38F3N3O5S. The molecule has 3 rings (SSSR count). The number of carboxylic acids is 1. The van der Waals surface area contributed by atoms with Crippen LogP contribution in [0.2, 0.25) is 0 Å². The monoisotopic (exact) mass is 549 g/mol. The zero-order valence-electron chi connectivity index (χ0n) is 22.1. The largest absolute Gasteiger partial charge is 0.493 e. The van der Waals surface area contributed by atoms with Gasteiger partial charge >= 0.3 is 18.2 Å². The van der Waals surface area contributed by atoms with Crippen molar-refractivity contribution in [1.29, 1.82) is 0 Å². The first-order valence-corrected chi connectivity index (χ1v) is 13.5. The van der Waals surface area contributed by atoms with Crippen LogP contribution in [0.4, 0.5) is 18.0 Å². The molecule has 0 radical (unpaired) electrons. The molecule has 0 bridgehead atoms. The molecule has 1 heterocycles. The molecule has 3 unspecified atom stereocenters. The maximum Gasteiger partial charge on any atom is 0.490 e. The lowest BCUT2D eigenvalue weighted by atomic mass is 9.65. The predicted molar refractivity (Wildman–Crippen MR) is 137 cm³/mol. The molecule has 2 aliphatic rings. The minimum Gasteiger partial charge on any atom is -0.493 e. The number of carbonyl (C=O) groups is 2. The summed E-state index contributed by atoms with van der Waals surface area (Å²) in [6.07, 6.45) is 3.25. The number of alkyl halides is 3. The Hall–Kier alpha value is -2.34. The van der Waals surface area contributed by atoms with E-state index in [4.69, 9.17) is 19.4 Å². The number of likely N-dealkylation sites (N-methyl/N-ethyl adjacent to an activating group) is 1. The Balaban J connectivity index is 0.000000604. The third-order valence-corrected chi connectivity index (χ3v) is 8.09. The number of carboxylic acid groups (broad SMARTS) is 1. The summed E-state index contributed by atoms with van der Waals surface area (Å²) in [5.41, 5.74) is 1.43. The predicted octanol–water partition coefficient (Wildman–Crippen LogP) is 4.92. The zero-order valence-corrected chi connectivity index (χ0v) is 22.9. The number of unbranched alkanes of at least 4 members (excludes halogenated alkanes) is 1. The molecular weight excluding hydrogens is 511 g/mol. The van der Waals surface area contributed by atoms with Crippen molar-refractivity contribution in [2.45, 2.75) is 69.1 Å². The highest BCUT2D eigenvalue weighted by atomic mass is 32.2. The molecule has 1 aromatic rings. The molecule has 1 saturated heterocycles. The van der Waals surface area contributed by atoms with Gasteiger partial charge in [-0.25, -0.2) is 9.59 Å². The number of nitrogens with one attached hydrogen (secondary N) is 1. The number of likely N-dealkylation sites (tertiary alicyclic amines) is 1. The van der Waals surface area contributed by atoms with Gasteiger partial charge in [0.25, 0.3) is 0 Å². The fourth-order valence-electron chi connectivity index (χ4n) is 5.30. The number of fused-ring (bicyclic) bond motifs is 1. The molecule has 2 amide bonds. The van der Waals surface area contributed by atoms with Gasteiger partial charge in [-0.05, 0) is 75.3 Å². The Labute approximate surface area is 221 Å². The van der Waals surface area contributed by atoms with Crippen LogP contribution in [0.15, 0.2) is 18.2 Å². The van der Waals surface area contributed by atoms with E-state index >= 15 is 0 Å². The summed E-state index contributed by atoms with van der Waals surface area (Å²) in [5.74, 6) is -1.19. The third kappa shape index (κ3) is 7.37. The van der Waals surface area contributed by atoms with E-state index in [2.05, 4.69) is 36.3 Å². The zero-order chi connectivity index (χ0) is 27.8. The van der Waals surface area contributed by atoms with E-state index in [1.54, 1.807) is 26.2 Å². The smallest absolute Gasteiger partial charge is 0.490 e. The lowest BCUT2D eigenvalue weighted by Crippen LogP contribution is -2.52. The average Bonchev–Trinajstić information content (AvgIpc) is 3.21. The van der Waals surface area contributed by atoms with Gasteiger partial charge in [0.15, 0.2) is 11.5 Å². The van der Waals surface area contributed by atoms with Gasteiger partial charge in [0, 0.05) is 30.3 Å². The number of hydrogen-bond acceptors (Lipinski definition) is 6. The van der Waals surface area contributed by atoms with Crippen LogP contribution in [0, 0.1) is 0 Å². The number of carbonyl (C=O) groups excluding carboxylic acids is 1. The van der Waals surface area contributed by atoms with Crippen molar-refractivity contribution in [2.75, 3.05) is 40.6 Å². The first-order valence-electron chi connectivity index (χ1n) is 12.3. The van der Waals surface area contributed by atoms with E-state index in [9.17, 15) is 18.0 Å². The molecule has 1 aromatic carbocycles. The van der Waals surface area contributed by atoms with Crippen molar-refractivity contribution >= 4 is 23.9 Å². The Morgan fingerprint density at radius 2 is 1.89 bits per heavy atom. The van der Waals surface area contributed by atoms with Crippen LogP contribution < -0.4 is 14.8 Å². The molecule has 0 spiro atoms. The molecule has 8 nitrogen and oxygen atoms in total. The molecule has 37 heavy (non-hydrogen) atoms. The van der Waals surface area contributed by atoms with Crippen LogP contribution >= 0.6 is 11.9 Å². The Morgan fingerprint density at radius 1 is 1.24 bits per heavy atom. The molecule has 1 aliphatic heterocycles. The van der Waals surface area contributed by atoms with Gasteiger partial charge in [-0.3, -0.25) is 4.31 Å². The first kappa shape index (κ1) is 30.9. The van der Waals surface area contributed by atoms with Crippen LogP contribution in [0.5, 0.6) is 11.5 Å². The number of amides is 2. The van der Waals surface area contributed by atoms with Crippen LogP contribution in [-0.2, 0) is 10.2 Å². The standard InChI is InChI=1S/C23H37N3O3S.C2HF3O2/c1-6-7-13-24-22(27)26(30-5)18-10-11-23(12-14-25(2)21(23)16-18)17-8-9-19(28-3)20(15-17)29-4;3-2(4,5)1(6)7/h8-9,15,18,21H,6-7,10-14,16H2,1-5H3,(H,24,27);(H,6,7). The van der Waals surface area contributed by atoms with Gasteiger partial charge in [-0.2, -0.15) is 13.2 Å². The van der Waals surface area contributed by atoms with Crippen LogP contribution in [0.1, 0.15) is 51.0 Å². The summed E-state index contributed by atoms with van der Waals surface area (Å²) in [6.45, 7) is 3.97. The number of benzene rings is 1. The SMILES string of the molecule is CCCCNC(=O)N(SC)C1CCC2(c3ccc(OC)c(OC)c3)CCN(C)C2C1.O=C(O)C(F)(F)F. The van der Waals surface area contributed by atoms with Crippen LogP contribution in [0.25, 0.3) is 0 Å². The van der Waals surface area contributed by atoms with Crippen LogP contribution in [-0.4, -0.2) is 85.2 Å². The number of rotatable bonds is 8. The summed E-state index contributed by atoms with van der Waals surface area (Å²) in [5, 5.41) is 10.2.